The molecule has 90 valence electrons. The van der Waals surface area contributed by atoms with Crippen molar-refractivity contribution in [2.24, 2.45) is 0 Å². The fourth-order valence-electron chi connectivity index (χ4n) is 1.85. The second-order valence-electron chi connectivity index (χ2n) is 5.44. The van der Waals surface area contributed by atoms with Crippen molar-refractivity contribution in [3.63, 3.8) is 0 Å². The number of aliphatic hydroxyl groups is 1. The number of hydrogen-bond donors (Lipinski definition) is 1. The summed E-state index contributed by atoms with van der Waals surface area (Å²) in [5.74, 6) is 0. The Kier molecular flexibility index (Phi) is 4.55. The maximum absolute atomic E-state index is 9.60. The van der Waals surface area contributed by atoms with Gasteiger partial charge in [-0.25, -0.2) is 0 Å². The lowest BCUT2D eigenvalue weighted by Gasteiger charge is -2.16. The van der Waals surface area contributed by atoms with Gasteiger partial charge in [-0.05, 0) is 63.6 Å². The molecule has 0 saturated carbocycles. The van der Waals surface area contributed by atoms with Gasteiger partial charge in [-0.15, -0.1) is 0 Å². The molecule has 0 amide bonds. The number of aryl methyl sites for hydroxylation is 3. The van der Waals surface area contributed by atoms with Gasteiger partial charge in [0.2, 0.25) is 0 Å². The smallest absolute Gasteiger partial charge is 0.0591 e. The van der Waals surface area contributed by atoms with E-state index in [2.05, 4.69) is 32.0 Å². The van der Waals surface area contributed by atoms with E-state index in [1.807, 2.05) is 13.8 Å². The molecule has 0 aliphatic rings. The Balaban J connectivity index is 2.35. The Morgan fingerprint density at radius 2 is 1.75 bits per heavy atom. The van der Waals surface area contributed by atoms with Crippen molar-refractivity contribution in [2.45, 2.75) is 59.0 Å². The molecule has 0 aromatic heterocycles. The Morgan fingerprint density at radius 3 is 2.31 bits per heavy atom. The molecule has 0 heterocycles. The first-order valence-corrected chi connectivity index (χ1v) is 6.17. The Bertz CT molecular complexity index is 334. The summed E-state index contributed by atoms with van der Waals surface area (Å²) in [6, 6.07) is 6.69. The van der Waals surface area contributed by atoms with E-state index in [9.17, 15) is 5.11 Å². The minimum Gasteiger partial charge on any atom is -0.390 e. The predicted octanol–water partition coefficient (Wildman–Crippen LogP) is 3.79. The summed E-state index contributed by atoms with van der Waals surface area (Å²) >= 11 is 0. The van der Waals surface area contributed by atoms with Crippen molar-refractivity contribution < 1.29 is 5.11 Å². The summed E-state index contributed by atoms with van der Waals surface area (Å²) in [5.41, 5.74) is 3.64. The number of hydrogen-bond acceptors (Lipinski definition) is 1. The molecule has 1 aromatic rings. The van der Waals surface area contributed by atoms with Gasteiger partial charge in [0.05, 0.1) is 5.60 Å². The second kappa shape index (κ2) is 5.49. The van der Waals surface area contributed by atoms with Gasteiger partial charge >= 0.3 is 0 Å². The van der Waals surface area contributed by atoms with Crippen LogP contribution in [0, 0.1) is 13.8 Å². The van der Waals surface area contributed by atoms with E-state index in [1.54, 1.807) is 0 Å². The molecule has 0 spiro atoms. The molecule has 0 atom stereocenters. The monoisotopic (exact) mass is 220 g/mol. The topological polar surface area (TPSA) is 20.2 Å². The molecular formula is C15H24O. The highest BCUT2D eigenvalue weighted by Crippen LogP contribution is 2.16. The third-order valence-electron chi connectivity index (χ3n) is 3.08. The highest BCUT2D eigenvalue weighted by Gasteiger charge is 2.10. The van der Waals surface area contributed by atoms with Crippen LogP contribution in [-0.2, 0) is 6.42 Å². The molecule has 0 saturated heterocycles. The molecule has 1 N–H and O–H groups in total. The lowest BCUT2D eigenvalue weighted by atomic mass is 9.98. The summed E-state index contributed by atoms with van der Waals surface area (Å²) in [4.78, 5) is 0. The summed E-state index contributed by atoms with van der Waals surface area (Å²) < 4.78 is 0. The van der Waals surface area contributed by atoms with E-state index in [4.69, 9.17) is 0 Å². The van der Waals surface area contributed by atoms with Crippen molar-refractivity contribution >= 4 is 0 Å². The van der Waals surface area contributed by atoms with Crippen LogP contribution in [-0.4, -0.2) is 10.7 Å². The zero-order valence-electron chi connectivity index (χ0n) is 11.0. The third kappa shape index (κ3) is 4.80. The third-order valence-corrected chi connectivity index (χ3v) is 3.08. The Hall–Kier alpha value is -0.820. The van der Waals surface area contributed by atoms with Crippen LogP contribution in [0.25, 0.3) is 0 Å². The SMILES string of the molecule is Cc1ccc(CCCCC(C)(C)O)cc1C. The number of rotatable bonds is 5. The Morgan fingerprint density at radius 1 is 1.06 bits per heavy atom. The van der Waals surface area contributed by atoms with E-state index in [-0.39, 0.29) is 0 Å². The largest absolute Gasteiger partial charge is 0.390 e. The van der Waals surface area contributed by atoms with Gasteiger partial charge in [-0.3, -0.25) is 0 Å². The molecule has 1 heteroatoms. The lowest BCUT2D eigenvalue weighted by molar-refractivity contribution is 0.0682. The highest BCUT2D eigenvalue weighted by atomic mass is 16.3. The van der Waals surface area contributed by atoms with Gasteiger partial charge in [-0.2, -0.15) is 0 Å². The lowest BCUT2D eigenvalue weighted by Crippen LogP contribution is -2.17. The van der Waals surface area contributed by atoms with Crippen LogP contribution in [0.4, 0.5) is 0 Å². The van der Waals surface area contributed by atoms with Crippen molar-refractivity contribution in [1.29, 1.82) is 0 Å². The summed E-state index contributed by atoms with van der Waals surface area (Å²) in [6.07, 6.45) is 4.26. The molecule has 0 fully saturated rings. The zero-order valence-corrected chi connectivity index (χ0v) is 11.0. The molecular weight excluding hydrogens is 196 g/mol. The van der Waals surface area contributed by atoms with E-state index >= 15 is 0 Å². The van der Waals surface area contributed by atoms with Crippen LogP contribution >= 0.6 is 0 Å². The standard InChI is InChI=1S/C15H24O/c1-12-8-9-14(11-13(12)2)7-5-6-10-15(3,4)16/h8-9,11,16H,5-7,10H2,1-4H3. The van der Waals surface area contributed by atoms with Crippen LogP contribution in [0.15, 0.2) is 18.2 Å². The number of unbranched alkanes of at least 4 members (excludes halogenated alkanes) is 1. The molecule has 0 aliphatic carbocycles. The first kappa shape index (κ1) is 13.2. The van der Waals surface area contributed by atoms with Gasteiger partial charge < -0.3 is 5.11 Å². The van der Waals surface area contributed by atoms with Crippen LogP contribution in [0.3, 0.4) is 0 Å². The minimum atomic E-state index is -0.511. The minimum absolute atomic E-state index is 0.511. The average molecular weight is 220 g/mol. The van der Waals surface area contributed by atoms with Crippen LogP contribution in [0.2, 0.25) is 0 Å². The maximum atomic E-state index is 9.60. The van der Waals surface area contributed by atoms with Crippen molar-refractivity contribution in [1.82, 2.24) is 0 Å². The Labute approximate surface area is 99.5 Å². The molecule has 0 unspecified atom stereocenters. The van der Waals surface area contributed by atoms with Gasteiger partial charge in [0.1, 0.15) is 0 Å². The molecule has 1 rings (SSSR count). The van der Waals surface area contributed by atoms with Gasteiger partial charge in [-0.1, -0.05) is 24.6 Å². The molecule has 16 heavy (non-hydrogen) atoms. The fourth-order valence-corrected chi connectivity index (χ4v) is 1.85. The molecule has 1 aromatic carbocycles. The van der Waals surface area contributed by atoms with Crippen LogP contribution in [0.5, 0.6) is 0 Å². The number of benzene rings is 1. The second-order valence-corrected chi connectivity index (χ2v) is 5.44. The van der Waals surface area contributed by atoms with Crippen LogP contribution < -0.4 is 0 Å². The van der Waals surface area contributed by atoms with Crippen molar-refractivity contribution in [3.8, 4) is 0 Å². The quantitative estimate of drug-likeness (QED) is 0.749. The van der Waals surface area contributed by atoms with Crippen LogP contribution in [0.1, 0.15) is 49.8 Å². The van der Waals surface area contributed by atoms with E-state index in [0.717, 1.165) is 25.7 Å². The summed E-state index contributed by atoms with van der Waals surface area (Å²) in [7, 11) is 0. The van der Waals surface area contributed by atoms with E-state index < -0.39 is 5.60 Å². The molecule has 1 nitrogen and oxygen atoms in total. The molecule has 0 radical (unpaired) electrons. The van der Waals surface area contributed by atoms with Gasteiger partial charge in [0.25, 0.3) is 0 Å². The van der Waals surface area contributed by atoms with Gasteiger partial charge in [0, 0.05) is 0 Å². The van der Waals surface area contributed by atoms with Crippen molar-refractivity contribution in [2.75, 3.05) is 0 Å². The van der Waals surface area contributed by atoms with Crippen molar-refractivity contribution in [3.05, 3.63) is 34.9 Å². The predicted molar refractivity (Wildman–Crippen MR) is 69.8 cm³/mol. The summed E-state index contributed by atoms with van der Waals surface area (Å²) in [5, 5.41) is 9.60. The first-order chi connectivity index (χ1) is 7.38. The maximum Gasteiger partial charge on any atom is 0.0591 e. The van der Waals surface area contributed by atoms with Gasteiger partial charge in [0.15, 0.2) is 0 Å². The van der Waals surface area contributed by atoms with E-state index in [0.29, 0.717) is 0 Å². The molecule has 0 bridgehead atoms. The normalized spacial score (nSPS) is 11.8. The average Bonchev–Trinajstić information content (AvgIpc) is 2.17. The first-order valence-electron chi connectivity index (χ1n) is 6.17. The van der Waals surface area contributed by atoms with E-state index in [1.165, 1.54) is 16.7 Å². The fraction of sp³-hybridized carbons (Fsp3) is 0.600. The molecule has 0 aliphatic heterocycles. The summed E-state index contributed by atoms with van der Waals surface area (Å²) in [6.45, 7) is 8.06. The highest BCUT2D eigenvalue weighted by molar-refractivity contribution is 5.29. The zero-order chi connectivity index (χ0) is 12.2.